The number of pyridine rings is 1. The van der Waals surface area contributed by atoms with Gasteiger partial charge in [0.15, 0.2) is 5.78 Å². The number of rotatable bonds is 2. The largest absolute Gasteiger partial charge is 0.493 e. The first kappa shape index (κ1) is 13.3. The highest BCUT2D eigenvalue weighted by Crippen LogP contribution is 2.27. The highest BCUT2D eigenvalue weighted by molar-refractivity contribution is 6.14. The van der Waals surface area contributed by atoms with Crippen LogP contribution in [-0.2, 0) is 4.79 Å². The van der Waals surface area contributed by atoms with E-state index < -0.39 is 5.92 Å². The summed E-state index contributed by atoms with van der Waals surface area (Å²) in [5, 5.41) is 2.67. The molecule has 106 valence electrons. The number of carbonyl (C=O) groups excluding carboxylic acids is 2. The minimum Gasteiger partial charge on any atom is -0.493 e. The first-order chi connectivity index (χ1) is 10.3. The average Bonchev–Trinajstić information content (AvgIpc) is 2.68. The quantitative estimate of drug-likeness (QED) is 0.858. The third kappa shape index (κ3) is 2.76. The Morgan fingerprint density at radius 1 is 1.19 bits per heavy atom. The van der Waals surface area contributed by atoms with Crippen LogP contribution in [0, 0.1) is 5.92 Å². The van der Waals surface area contributed by atoms with E-state index in [0.29, 0.717) is 30.2 Å². The van der Waals surface area contributed by atoms with Gasteiger partial charge in [-0.25, -0.2) is 4.98 Å². The Morgan fingerprint density at radius 2 is 2.00 bits per heavy atom. The standard InChI is InChI=1S/C16H14N2O3/c19-15-11-5-1-2-6-13(11)21-10-8-12(15)16(20)18-14-7-3-4-9-17-14/h1-7,9,12H,8,10H2,(H,17,18,20). The fourth-order valence-electron chi connectivity index (χ4n) is 2.30. The zero-order chi connectivity index (χ0) is 14.7. The molecule has 1 aromatic carbocycles. The molecule has 1 N–H and O–H groups in total. The van der Waals surface area contributed by atoms with E-state index in [4.69, 9.17) is 4.74 Å². The number of fused-ring (bicyclic) bond motifs is 1. The zero-order valence-electron chi connectivity index (χ0n) is 11.3. The van der Waals surface area contributed by atoms with Crippen LogP contribution < -0.4 is 10.1 Å². The minimum atomic E-state index is -0.754. The van der Waals surface area contributed by atoms with Crippen LogP contribution in [0.4, 0.5) is 5.82 Å². The second kappa shape index (κ2) is 5.75. The topological polar surface area (TPSA) is 68.3 Å². The summed E-state index contributed by atoms with van der Waals surface area (Å²) in [7, 11) is 0. The summed E-state index contributed by atoms with van der Waals surface area (Å²) in [6.45, 7) is 0.336. The van der Waals surface area contributed by atoms with Crippen molar-refractivity contribution in [2.75, 3.05) is 11.9 Å². The maximum atomic E-state index is 12.5. The van der Waals surface area contributed by atoms with E-state index in [1.807, 2.05) is 0 Å². The number of nitrogens with zero attached hydrogens (tertiary/aromatic N) is 1. The Balaban J connectivity index is 1.82. The van der Waals surface area contributed by atoms with Gasteiger partial charge in [-0.2, -0.15) is 0 Å². The van der Waals surface area contributed by atoms with Gasteiger partial charge in [0, 0.05) is 12.6 Å². The van der Waals surface area contributed by atoms with Crippen LogP contribution in [0.2, 0.25) is 0 Å². The van der Waals surface area contributed by atoms with E-state index in [0.717, 1.165) is 0 Å². The highest BCUT2D eigenvalue weighted by Gasteiger charge is 2.31. The summed E-state index contributed by atoms with van der Waals surface area (Å²) in [6.07, 6.45) is 1.94. The van der Waals surface area contributed by atoms with Gasteiger partial charge in [-0.15, -0.1) is 0 Å². The summed E-state index contributed by atoms with van der Waals surface area (Å²) in [6, 6.07) is 12.2. The molecule has 5 nitrogen and oxygen atoms in total. The molecule has 0 aliphatic carbocycles. The van der Waals surface area contributed by atoms with Crippen LogP contribution in [0.15, 0.2) is 48.7 Å². The fraction of sp³-hybridized carbons (Fsp3) is 0.188. The van der Waals surface area contributed by atoms with E-state index in [-0.39, 0.29) is 11.7 Å². The number of ether oxygens (including phenoxy) is 1. The Labute approximate surface area is 122 Å². The molecule has 1 aliphatic heterocycles. The summed E-state index contributed by atoms with van der Waals surface area (Å²) in [4.78, 5) is 28.9. The van der Waals surface area contributed by atoms with Gasteiger partial charge in [0.25, 0.3) is 0 Å². The van der Waals surface area contributed by atoms with Crippen molar-refractivity contribution < 1.29 is 14.3 Å². The maximum absolute atomic E-state index is 12.5. The molecule has 1 amide bonds. The van der Waals surface area contributed by atoms with Gasteiger partial charge in [-0.3, -0.25) is 9.59 Å². The van der Waals surface area contributed by atoms with E-state index in [1.54, 1.807) is 48.7 Å². The van der Waals surface area contributed by atoms with Gasteiger partial charge in [0.05, 0.1) is 12.2 Å². The summed E-state index contributed by atoms with van der Waals surface area (Å²) in [5.74, 6) is -0.337. The van der Waals surface area contributed by atoms with Gasteiger partial charge in [-0.1, -0.05) is 18.2 Å². The number of para-hydroxylation sites is 1. The Bertz CT molecular complexity index is 670. The molecule has 0 saturated carbocycles. The van der Waals surface area contributed by atoms with Crippen molar-refractivity contribution in [2.24, 2.45) is 5.92 Å². The third-order valence-corrected chi connectivity index (χ3v) is 3.37. The SMILES string of the molecule is O=C(Nc1ccccn1)C1CCOc2ccccc2C1=O. The Hall–Kier alpha value is -2.69. The Morgan fingerprint density at radius 3 is 2.81 bits per heavy atom. The van der Waals surface area contributed by atoms with E-state index in [2.05, 4.69) is 10.3 Å². The van der Waals surface area contributed by atoms with Crippen molar-refractivity contribution in [1.82, 2.24) is 4.98 Å². The van der Waals surface area contributed by atoms with Crippen LogP contribution in [0.3, 0.4) is 0 Å². The molecule has 2 aromatic rings. The first-order valence-electron chi connectivity index (χ1n) is 6.73. The third-order valence-electron chi connectivity index (χ3n) is 3.37. The van der Waals surface area contributed by atoms with Crippen LogP contribution >= 0.6 is 0 Å². The summed E-state index contributed by atoms with van der Waals surface area (Å²) in [5.41, 5.74) is 0.455. The minimum absolute atomic E-state index is 0.212. The van der Waals surface area contributed by atoms with E-state index in [1.165, 1.54) is 0 Å². The van der Waals surface area contributed by atoms with Crippen LogP contribution in [-0.4, -0.2) is 23.3 Å². The molecule has 0 fully saturated rings. The number of anilines is 1. The van der Waals surface area contributed by atoms with Crippen molar-refractivity contribution in [3.05, 3.63) is 54.2 Å². The summed E-state index contributed by atoms with van der Waals surface area (Å²) >= 11 is 0. The number of nitrogens with one attached hydrogen (secondary N) is 1. The smallest absolute Gasteiger partial charge is 0.236 e. The molecule has 0 spiro atoms. The maximum Gasteiger partial charge on any atom is 0.236 e. The van der Waals surface area contributed by atoms with E-state index >= 15 is 0 Å². The normalized spacial score (nSPS) is 17.3. The van der Waals surface area contributed by atoms with Crippen molar-refractivity contribution in [1.29, 1.82) is 0 Å². The second-order valence-electron chi connectivity index (χ2n) is 4.75. The predicted octanol–water partition coefficient (Wildman–Crippen LogP) is 2.30. The molecule has 1 aromatic heterocycles. The Kier molecular flexibility index (Phi) is 3.64. The number of hydrogen-bond acceptors (Lipinski definition) is 4. The number of ketones is 1. The number of hydrogen-bond donors (Lipinski definition) is 1. The van der Waals surface area contributed by atoms with Gasteiger partial charge in [0.2, 0.25) is 5.91 Å². The lowest BCUT2D eigenvalue weighted by Gasteiger charge is -2.12. The molecular weight excluding hydrogens is 268 g/mol. The second-order valence-corrected chi connectivity index (χ2v) is 4.75. The van der Waals surface area contributed by atoms with Gasteiger partial charge in [0.1, 0.15) is 17.5 Å². The first-order valence-corrected chi connectivity index (χ1v) is 6.73. The zero-order valence-corrected chi connectivity index (χ0v) is 11.3. The molecule has 1 atom stereocenters. The van der Waals surface area contributed by atoms with Gasteiger partial charge >= 0.3 is 0 Å². The summed E-state index contributed by atoms with van der Waals surface area (Å²) < 4.78 is 5.53. The van der Waals surface area contributed by atoms with Crippen molar-refractivity contribution in [3.63, 3.8) is 0 Å². The molecule has 0 radical (unpaired) electrons. The molecule has 5 heteroatoms. The number of aromatic nitrogens is 1. The predicted molar refractivity (Wildman–Crippen MR) is 77.2 cm³/mol. The molecular formula is C16H14N2O3. The van der Waals surface area contributed by atoms with Crippen molar-refractivity contribution in [2.45, 2.75) is 6.42 Å². The number of benzene rings is 1. The molecule has 0 saturated heterocycles. The van der Waals surface area contributed by atoms with Crippen molar-refractivity contribution in [3.8, 4) is 5.75 Å². The van der Waals surface area contributed by atoms with Crippen LogP contribution in [0.25, 0.3) is 0 Å². The number of amides is 1. The van der Waals surface area contributed by atoms with Crippen LogP contribution in [0.5, 0.6) is 5.75 Å². The van der Waals surface area contributed by atoms with E-state index in [9.17, 15) is 9.59 Å². The molecule has 2 heterocycles. The van der Waals surface area contributed by atoms with Crippen molar-refractivity contribution >= 4 is 17.5 Å². The molecule has 21 heavy (non-hydrogen) atoms. The van der Waals surface area contributed by atoms with Gasteiger partial charge < -0.3 is 10.1 Å². The number of Topliss-reactive ketones (excluding diaryl/α,β-unsaturated/α-hetero) is 1. The lowest BCUT2D eigenvalue weighted by atomic mass is 9.94. The monoisotopic (exact) mass is 282 g/mol. The molecule has 0 bridgehead atoms. The average molecular weight is 282 g/mol. The fourth-order valence-corrected chi connectivity index (χ4v) is 2.30. The lowest BCUT2D eigenvalue weighted by Crippen LogP contribution is -2.30. The lowest BCUT2D eigenvalue weighted by molar-refractivity contribution is -0.118. The molecule has 1 unspecified atom stereocenters. The molecule has 3 rings (SSSR count). The highest BCUT2D eigenvalue weighted by atomic mass is 16.5. The van der Waals surface area contributed by atoms with Crippen LogP contribution in [0.1, 0.15) is 16.8 Å². The van der Waals surface area contributed by atoms with Gasteiger partial charge in [-0.05, 0) is 24.3 Å². The molecule has 1 aliphatic rings. The number of carbonyl (C=O) groups is 2.